The molecule has 2 aliphatic heterocycles. The lowest BCUT2D eigenvalue weighted by molar-refractivity contribution is 0.137. The van der Waals surface area contributed by atoms with Crippen molar-refractivity contribution in [1.29, 1.82) is 0 Å². The summed E-state index contributed by atoms with van der Waals surface area (Å²) in [4.78, 5) is 2.71. The second kappa shape index (κ2) is 5.37. The monoisotopic (exact) mass is 226 g/mol. The molecule has 2 saturated heterocycles. The predicted octanol–water partition coefficient (Wildman–Crippen LogP) is 1.86. The topological polar surface area (TPSA) is 29.3 Å². The molecule has 0 saturated carbocycles. The van der Waals surface area contributed by atoms with Gasteiger partial charge in [0.2, 0.25) is 0 Å². The average Bonchev–Trinajstić information content (AvgIpc) is 2.46. The molecule has 2 aliphatic rings. The minimum atomic E-state index is 0.472. The summed E-state index contributed by atoms with van der Waals surface area (Å²) in [6, 6.07) is 2.06. The highest BCUT2D eigenvalue weighted by atomic mass is 32.2. The number of rotatable bonds is 5. The van der Waals surface area contributed by atoms with Gasteiger partial charge in [-0.15, -0.1) is 6.58 Å². The van der Waals surface area contributed by atoms with Crippen LogP contribution in [0.15, 0.2) is 12.7 Å². The second-order valence-corrected chi connectivity index (χ2v) is 5.87. The van der Waals surface area contributed by atoms with Crippen molar-refractivity contribution in [3.05, 3.63) is 12.7 Å². The molecule has 0 aromatic carbocycles. The predicted molar refractivity (Wildman–Crippen MR) is 68.2 cm³/mol. The van der Waals surface area contributed by atoms with Crippen LogP contribution in [0.5, 0.6) is 0 Å². The first-order chi connectivity index (χ1) is 7.31. The third-order valence-electron chi connectivity index (χ3n) is 3.65. The second-order valence-electron chi connectivity index (χ2n) is 4.72. The Hall–Kier alpha value is 0.01000. The molecule has 2 bridgehead atoms. The van der Waals surface area contributed by atoms with Crippen molar-refractivity contribution in [2.45, 2.75) is 43.8 Å². The Morgan fingerprint density at radius 2 is 2.00 bits per heavy atom. The minimum absolute atomic E-state index is 0.472. The van der Waals surface area contributed by atoms with E-state index < -0.39 is 0 Å². The van der Waals surface area contributed by atoms with Crippen LogP contribution < -0.4 is 5.73 Å². The summed E-state index contributed by atoms with van der Waals surface area (Å²) in [5.41, 5.74) is 6.05. The fourth-order valence-corrected chi connectivity index (χ4v) is 3.69. The fourth-order valence-electron chi connectivity index (χ4n) is 3.02. The van der Waals surface area contributed by atoms with Gasteiger partial charge in [0.25, 0.3) is 0 Å². The quantitative estimate of drug-likeness (QED) is 0.573. The normalized spacial score (nSPS) is 35.7. The van der Waals surface area contributed by atoms with Gasteiger partial charge in [-0.3, -0.25) is 4.90 Å². The molecule has 0 radical (unpaired) electrons. The van der Waals surface area contributed by atoms with Crippen molar-refractivity contribution in [1.82, 2.24) is 4.90 Å². The van der Waals surface area contributed by atoms with Gasteiger partial charge in [0.15, 0.2) is 0 Å². The molecule has 0 aliphatic carbocycles. The lowest BCUT2D eigenvalue weighted by Gasteiger charge is -2.37. The van der Waals surface area contributed by atoms with E-state index in [0.717, 1.165) is 17.8 Å². The summed E-state index contributed by atoms with van der Waals surface area (Å²) in [5.74, 6) is 2.33. The van der Waals surface area contributed by atoms with Crippen molar-refractivity contribution < 1.29 is 0 Å². The molecular formula is C12H22N2S. The Morgan fingerprint density at radius 3 is 2.60 bits per heavy atom. The van der Waals surface area contributed by atoms with E-state index in [9.17, 15) is 0 Å². The molecule has 3 heteroatoms. The average molecular weight is 226 g/mol. The summed E-state index contributed by atoms with van der Waals surface area (Å²) in [6.45, 7) is 5.00. The molecule has 2 nitrogen and oxygen atoms in total. The molecule has 86 valence electrons. The molecule has 0 aromatic heterocycles. The van der Waals surface area contributed by atoms with Gasteiger partial charge in [-0.1, -0.05) is 6.08 Å². The van der Waals surface area contributed by atoms with Gasteiger partial charge >= 0.3 is 0 Å². The highest BCUT2D eigenvalue weighted by molar-refractivity contribution is 7.99. The van der Waals surface area contributed by atoms with Crippen LogP contribution in [0, 0.1) is 0 Å². The van der Waals surface area contributed by atoms with Gasteiger partial charge in [-0.25, -0.2) is 0 Å². The van der Waals surface area contributed by atoms with Crippen LogP contribution in [-0.2, 0) is 0 Å². The molecule has 2 heterocycles. The molecular weight excluding hydrogens is 204 g/mol. The lowest BCUT2D eigenvalue weighted by atomic mass is 9.98. The Bertz CT molecular complexity index is 206. The van der Waals surface area contributed by atoms with Gasteiger partial charge in [-0.2, -0.15) is 11.8 Å². The van der Waals surface area contributed by atoms with Crippen LogP contribution in [-0.4, -0.2) is 41.1 Å². The highest BCUT2D eigenvalue weighted by Gasteiger charge is 2.38. The van der Waals surface area contributed by atoms with E-state index >= 15 is 0 Å². The maximum absolute atomic E-state index is 6.05. The summed E-state index contributed by atoms with van der Waals surface area (Å²) in [5, 5.41) is 0. The highest BCUT2D eigenvalue weighted by Crippen LogP contribution is 2.34. The summed E-state index contributed by atoms with van der Waals surface area (Å²) in [7, 11) is 0. The maximum Gasteiger partial charge on any atom is 0.0114 e. The van der Waals surface area contributed by atoms with Gasteiger partial charge in [0.05, 0.1) is 0 Å². The van der Waals surface area contributed by atoms with Crippen molar-refractivity contribution in [3.63, 3.8) is 0 Å². The number of nitrogens with zero attached hydrogens (tertiary/aromatic N) is 1. The van der Waals surface area contributed by atoms with Crippen molar-refractivity contribution >= 4 is 11.8 Å². The fraction of sp³-hybridized carbons (Fsp3) is 0.833. The van der Waals surface area contributed by atoms with Gasteiger partial charge in [-0.05, 0) is 25.7 Å². The Kier molecular flexibility index (Phi) is 4.12. The summed E-state index contributed by atoms with van der Waals surface area (Å²) in [6.07, 6.45) is 7.20. The standard InChI is InChI=1S/C12H22N2S/c1-2-6-15-7-5-14-11-3-4-12(14)9-10(13)8-11/h2,10-12H,1,3-9,13H2. The molecule has 2 N–H and O–H groups in total. The number of nitrogens with two attached hydrogens (primary N) is 1. The van der Waals surface area contributed by atoms with E-state index in [1.54, 1.807) is 0 Å². The number of piperidine rings is 1. The SMILES string of the molecule is C=CCSCCN1C2CCC1CC(N)C2. The number of hydrogen-bond donors (Lipinski definition) is 1. The van der Waals surface area contributed by atoms with Crippen LogP contribution >= 0.6 is 11.8 Å². The van der Waals surface area contributed by atoms with E-state index in [1.165, 1.54) is 38.0 Å². The van der Waals surface area contributed by atoms with Crippen molar-refractivity contribution in [2.24, 2.45) is 5.73 Å². The molecule has 2 unspecified atom stereocenters. The van der Waals surface area contributed by atoms with E-state index in [0.29, 0.717) is 6.04 Å². The molecule has 0 amide bonds. The van der Waals surface area contributed by atoms with Gasteiger partial charge in [0, 0.05) is 36.2 Å². The Balaban J connectivity index is 1.76. The van der Waals surface area contributed by atoms with Crippen LogP contribution in [0.1, 0.15) is 25.7 Å². The first-order valence-electron chi connectivity index (χ1n) is 6.01. The van der Waals surface area contributed by atoms with Crippen LogP contribution in [0.2, 0.25) is 0 Å². The molecule has 2 fully saturated rings. The zero-order chi connectivity index (χ0) is 10.7. The summed E-state index contributed by atoms with van der Waals surface area (Å²) >= 11 is 1.99. The van der Waals surface area contributed by atoms with Gasteiger partial charge in [0.1, 0.15) is 0 Å². The largest absolute Gasteiger partial charge is 0.328 e. The van der Waals surface area contributed by atoms with Crippen LogP contribution in [0.4, 0.5) is 0 Å². The third kappa shape index (κ3) is 2.77. The molecule has 2 atom stereocenters. The van der Waals surface area contributed by atoms with Crippen LogP contribution in [0.3, 0.4) is 0 Å². The first kappa shape index (κ1) is 11.5. The maximum atomic E-state index is 6.05. The van der Waals surface area contributed by atoms with E-state index in [-0.39, 0.29) is 0 Å². The summed E-state index contributed by atoms with van der Waals surface area (Å²) < 4.78 is 0. The Labute approximate surface area is 97.3 Å². The number of fused-ring (bicyclic) bond motifs is 2. The zero-order valence-electron chi connectivity index (χ0n) is 9.40. The lowest BCUT2D eigenvalue weighted by Crippen LogP contribution is -2.48. The third-order valence-corrected chi connectivity index (χ3v) is 4.59. The van der Waals surface area contributed by atoms with Crippen LogP contribution in [0.25, 0.3) is 0 Å². The number of thioether (sulfide) groups is 1. The van der Waals surface area contributed by atoms with E-state index in [2.05, 4.69) is 11.5 Å². The number of hydrogen-bond acceptors (Lipinski definition) is 3. The van der Waals surface area contributed by atoms with E-state index in [4.69, 9.17) is 5.73 Å². The molecule has 0 aromatic rings. The van der Waals surface area contributed by atoms with E-state index in [1.807, 2.05) is 17.8 Å². The molecule has 15 heavy (non-hydrogen) atoms. The first-order valence-corrected chi connectivity index (χ1v) is 7.16. The smallest absolute Gasteiger partial charge is 0.0114 e. The zero-order valence-corrected chi connectivity index (χ0v) is 10.2. The Morgan fingerprint density at radius 1 is 1.33 bits per heavy atom. The van der Waals surface area contributed by atoms with Crippen molar-refractivity contribution in [2.75, 3.05) is 18.1 Å². The molecule has 0 spiro atoms. The molecule has 2 rings (SSSR count). The van der Waals surface area contributed by atoms with Gasteiger partial charge < -0.3 is 5.73 Å². The minimum Gasteiger partial charge on any atom is -0.328 e. The van der Waals surface area contributed by atoms with Crippen molar-refractivity contribution in [3.8, 4) is 0 Å².